The van der Waals surface area contributed by atoms with Crippen LogP contribution in [-0.4, -0.2) is 19.9 Å². The van der Waals surface area contributed by atoms with E-state index in [1.807, 2.05) is 56.7 Å². The zero-order chi connectivity index (χ0) is 15.4. The van der Waals surface area contributed by atoms with Crippen molar-refractivity contribution in [3.8, 4) is 0 Å². The van der Waals surface area contributed by atoms with Gasteiger partial charge in [-0.25, -0.2) is 0 Å². The fraction of sp³-hybridized carbons (Fsp3) is 0.312. The van der Waals surface area contributed by atoms with E-state index in [2.05, 4.69) is 20.6 Å². The summed E-state index contributed by atoms with van der Waals surface area (Å²) in [7, 11) is 1.90. The Labute approximate surface area is 129 Å². The summed E-state index contributed by atoms with van der Waals surface area (Å²) in [6.07, 6.45) is 4.48. The summed E-state index contributed by atoms with van der Waals surface area (Å²) in [4.78, 5) is 4.46. The minimum Gasteiger partial charge on any atom is -0.339 e. The molecular formula is C16H19N5O. The van der Waals surface area contributed by atoms with Crippen LogP contribution in [0.2, 0.25) is 0 Å². The van der Waals surface area contributed by atoms with Crippen molar-refractivity contribution in [2.75, 3.05) is 0 Å². The monoisotopic (exact) mass is 297 g/mol. The van der Waals surface area contributed by atoms with Gasteiger partial charge in [0.2, 0.25) is 5.89 Å². The van der Waals surface area contributed by atoms with Crippen LogP contribution < -0.4 is 5.32 Å². The summed E-state index contributed by atoms with van der Waals surface area (Å²) >= 11 is 0. The van der Waals surface area contributed by atoms with Crippen molar-refractivity contribution < 1.29 is 4.52 Å². The number of aromatic nitrogens is 4. The van der Waals surface area contributed by atoms with Crippen LogP contribution in [0.3, 0.4) is 0 Å². The molecule has 0 aliphatic heterocycles. The molecule has 1 N–H and O–H groups in total. The van der Waals surface area contributed by atoms with Crippen LogP contribution in [0, 0.1) is 0 Å². The summed E-state index contributed by atoms with van der Waals surface area (Å²) in [6.45, 7) is 2.74. The third kappa shape index (κ3) is 3.59. The maximum absolute atomic E-state index is 5.33. The van der Waals surface area contributed by atoms with E-state index >= 15 is 0 Å². The van der Waals surface area contributed by atoms with Gasteiger partial charge in [-0.1, -0.05) is 35.5 Å². The third-order valence-corrected chi connectivity index (χ3v) is 3.44. The largest absolute Gasteiger partial charge is 0.339 e. The molecule has 0 saturated heterocycles. The molecule has 6 nitrogen and oxygen atoms in total. The van der Waals surface area contributed by atoms with Crippen molar-refractivity contribution in [1.82, 2.24) is 25.2 Å². The zero-order valence-electron chi connectivity index (χ0n) is 12.7. The highest BCUT2D eigenvalue weighted by Gasteiger charge is 2.13. The second-order valence-electron chi connectivity index (χ2n) is 5.33. The quantitative estimate of drug-likeness (QED) is 0.755. The lowest BCUT2D eigenvalue weighted by atomic mass is 10.1. The summed E-state index contributed by atoms with van der Waals surface area (Å²) < 4.78 is 7.11. The number of nitrogens with one attached hydrogen (secondary N) is 1. The number of hydrogen-bond acceptors (Lipinski definition) is 5. The number of rotatable bonds is 6. The van der Waals surface area contributed by atoms with Crippen LogP contribution in [0.25, 0.3) is 0 Å². The fourth-order valence-electron chi connectivity index (χ4n) is 2.21. The molecule has 0 radical (unpaired) electrons. The van der Waals surface area contributed by atoms with Crippen molar-refractivity contribution in [1.29, 1.82) is 0 Å². The van der Waals surface area contributed by atoms with Crippen LogP contribution in [0.15, 0.2) is 47.2 Å². The third-order valence-electron chi connectivity index (χ3n) is 3.44. The summed E-state index contributed by atoms with van der Waals surface area (Å²) in [5.74, 6) is 1.31. The predicted octanol–water partition coefficient (Wildman–Crippen LogP) is 2.24. The van der Waals surface area contributed by atoms with Gasteiger partial charge in [-0.05, 0) is 12.5 Å². The number of aryl methyl sites for hydroxylation is 1. The Morgan fingerprint density at radius 3 is 2.77 bits per heavy atom. The van der Waals surface area contributed by atoms with Gasteiger partial charge in [0, 0.05) is 25.4 Å². The van der Waals surface area contributed by atoms with Crippen LogP contribution >= 0.6 is 0 Å². The van der Waals surface area contributed by atoms with Crippen LogP contribution in [-0.2, 0) is 20.0 Å². The minimum absolute atomic E-state index is 0.0217. The van der Waals surface area contributed by atoms with Crippen LogP contribution in [0.5, 0.6) is 0 Å². The molecule has 114 valence electrons. The van der Waals surface area contributed by atoms with E-state index in [0.29, 0.717) is 18.1 Å². The Morgan fingerprint density at radius 2 is 2.05 bits per heavy atom. The van der Waals surface area contributed by atoms with Gasteiger partial charge in [0.25, 0.3) is 0 Å². The molecule has 0 aliphatic rings. The van der Waals surface area contributed by atoms with Crippen molar-refractivity contribution >= 4 is 0 Å². The molecule has 0 fully saturated rings. The highest BCUT2D eigenvalue weighted by molar-refractivity contribution is 5.18. The Morgan fingerprint density at radius 1 is 1.23 bits per heavy atom. The normalized spacial score (nSPS) is 12.5. The SMILES string of the molecule is CC(NCc1cnn(C)c1)c1noc(Cc2ccccc2)n1. The first-order chi connectivity index (χ1) is 10.7. The average molecular weight is 297 g/mol. The Bertz CT molecular complexity index is 719. The molecule has 0 saturated carbocycles. The molecule has 3 aromatic rings. The summed E-state index contributed by atoms with van der Waals surface area (Å²) in [5, 5.41) is 11.6. The molecule has 0 spiro atoms. The summed E-state index contributed by atoms with van der Waals surface area (Å²) in [6, 6.07) is 10.1. The van der Waals surface area contributed by atoms with Crippen molar-refractivity contribution in [3.05, 3.63) is 65.6 Å². The maximum atomic E-state index is 5.33. The molecule has 2 heterocycles. The van der Waals surface area contributed by atoms with Gasteiger partial charge >= 0.3 is 0 Å². The van der Waals surface area contributed by atoms with Gasteiger partial charge in [-0.3, -0.25) is 4.68 Å². The molecule has 3 rings (SSSR count). The van der Waals surface area contributed by atoms with Gasteiger partial charge in [0.1, 0.15) is 0 Å². The Balaban J connectivity index is 1.58. The van der Waals surface area contributed by atoms with Gasteiger partial charge < -0.3 is 9.84 Å². The number of hydrogen-bond donors (Lipinski definition) is 1. The Kier molecular flexibility index (Phi) is 4.29. The standard InChI is InChI=1S/C16H19N5O/c1-12(17-9-14-10-18-21(2)11-14)16-19-15(22-20-16)8-13-6-4-3-5-7-13/h3-7,10-12,17H,8-9H2,1-2H3. The van der Waals surface area contributed by atoms with Crippen molar-refractivity contribution in [3.63, 3.8) is 0 Å². The molecular weight excluding hydrogens is 278 g/mol. The van der Waals surface area contributed by atoms with E-state index in [-0.39, 0.29) is 6.04 Å². The average Bonchev–Trinajstić information content (AvgIpc) is 3.15. The molecule has 0 bridgehead atoms. The predicted molar refractivity (Wildman–Crippen MR) is 82.0 cm³/mol. The molecule has 1 atom stereocenters. The van der Waals surface area contributed by atoms with E-state index in [1.165, 1.54) is 0 Å². The lowest BCUT2D eigenvalue weighted by Gasteiger charge is -2.07. The van der Waals surface area contributed by atoms with Gasteiger partial charge in [0.15, 0.2) is 5.82 Å². The summed E-state index contributed by atoms with van der Waals surface area (Å²) in [5.41, 5.74) is 2.29. The smallest absolute Gasteiger partial charge is 0.231 e. The van der Waals surface area contributed by atoms with E-state index in [1.54, 1.807) is 4.68 Å². The molecule has 0 amide bonds. The van der Waals surface area contributed by atoms with Crippen molar-refractivity contribution in [2.45, 2.75) is 25.9 Å². The second-order valence-corrected chi connectivity index (χ2v) is 5.33. The van der Waals surface area contributed by atoms with Crippen LogP contribution in [0.1, 0.15) is 35.8 Å². The van der Waals surface area contributed by atoms with E-state index in [9.17, 15) is 0 Å². The lowest BCUT2D eigenvalue weighted by Crippen LogP contribution is -2.19. The first-order valence-corrected chi connectivity index (χ1v) is 7.28. The minimum atomic E-state index is 0.0217. The zero-order valence-corrected chi connectivity index (χ0v) is 12.7. The Hall–Kier alpha value is -2.47. The van der Waals surface area contributed by atoms with Crippen LogP contribution in [0.4, 0.5) is 0 Å². The van der Waals surface area contributed by atoms with Crippen molar-refractivity contribution in [2.24, 2.45) is 7.05 Å². The number of nitrogens with zero attached hydrogens (tertiary/aromatic N) is 4. The first-order valence-electron chi connectivity index (χ1n) is 7.28. The molecule has 1 aromatic carbocycles. The highest BCUT2D eigenvalue weighted by Crippen LogP contribution is 2.12. The van der Waals surface area contributed by atoms with E-state index in [4.69, 9.17) is 4.52 Å². The molecule has 1 unspecified atom stereocenters. The maximum Gasteiger partial charge on any atom is 0.231 e. The van der Waals surface area contributed by atoms with E-state index < -0.39 is 0 Å². The van der Waals surface area contributed by atoms with Gasteiger partial charge in [-0.2, -0.15) is 10.1 Å². The molecule has 22 heavy (non-hydrogen) atoms. The lowest BCUT2D eigenvalue weighted by molar-refractivity contribution is 0.372. The topological polar surface area (TPSA) is 68.8 Å². The van der Waals surface area contributed by atoms with Gasteiger partial charge in [-0.15, -0.1) is 0 Å². The first kappa shape index (κ1) is 14.5. The highest BCUT2D eigenvalue weighted by atomic mass is 16.5. The van der Waals surface area contributed by atoms with Gasteiger partial charge in [0.05, 0.1) is 18.7 Å². The van der Waals surface area contributed by atoms with E-state index in [0.717, 1.165) is 17.7 Å². The molecule has 2 aromatic heterocycles. The number of benzene rings is 1. The fourth-order valence-corrected chi connectivity index (χ4v) is 2.21. The molecule has 0 aliphatic carbocycles. The second kappa shape index (κ2) is 6.53. The molecule has 6 heteroatoms.